The van der Waals surface area contributed by atoms with Crippen LogP contribution in [0, 0.1) is 0 Å². The van der Waals surface area contributed by atoms with Gasteiger partial charge >= 0.3 is 5.97 Å². The van der Waals surface area contributed by atoms with Crippen LogP contribution >= 0.6 is 11.3 Å². The number of ether oxygens (including phenoxy) is 1. The van der Waals surface area contributed by atoms with Gasteiger partial charge in [0.25, 0.3) is 0 Å². The molecule has 20 heavy (non-hydrogen) atoms. The van der Waals surface area contributed by atoms with Crippen molar-refractivity contribution in [2.24, 2.45) is 0 Å². The van der Waals surface area contributed by atoms with Gasteiger partial charge in [0.2, 0.25) is 0 Å². The summed E-state index contributed by atoms with van der Waals surface area (Å²) in [6.45, 7) is 1.77. The summed E-state index contributed by atoms with van der Waals surface area (Å²) in [7, 11) is 3.45. The van der Waals surface area contributed by atoms with Gasteiger partial charge in [-0.25, -0.2) is 9.78 Å². The average molecular weight is 289 g/mol. The molecule has 104 valence electrons. The number of nitrogens with zero attached hydrogens (tertiary/aromatic N) is 3. The predicted octanol–water partition coefficient (Wildman–Crippen LogP) is 2.52. The summed E-state index contributed by atoms with van der Waals surface area (Å²) >= 11 is 1.46. The fraction of sp³-hybridized carbons (Fsp3) is 0.286. The SMILES string of the molecule is COC(=O)c1csc(N2CCN(C)c3ccccc32)n1. The van der Waals surface area contributed by atoms with Crippen LogP contribution in [0.25, 0.3) is 0 Å². The van der Waals surface area contributed by atoms with Crippen molar-refractivity contribution in [2.45, 2.75) is 0 Å². The Balaban J connectivity index is 1.97. The number of esters is 1. The minimum Gasteiger partial charge on any atom is -0.464 e. The van der Waals surface area contributed by atoms with Crippen molar-refractivity contribution in [1.29, 1.82) is 0 Å². The van der Waals surface area contributed by atoms with Gasteiger partial charge in [-0.05, 0) is 12.1 Å². The molecule has 6 heteroatoms. The van der Waals surface area contributed by atoms with Crippen molar-refractivity contribution in [3.8, 4) is 0 Å². The lowest BCUT2D eigenvalue weighted by molar-refractivity contribution is 0.0595. The molecule has 0 bridgehead atoms. The zero-order chi connectivity index (χ0) is 14.1. The summed E-state index contributed by atoms with van der Waals surface area (Å²) < 4.78 is 4.70. The molecule has 0 radical (unpaired) electrons. The first-order valence-corrected chi connectivity index (χ1v) is 7.20. The Morgan fingerprint density at radius 1 is 1.30 bits per heavy atom. The number of carbonyl (C=O) groups is 1. The van der Waals surface area contributed by atoms with Gasteiger partial charge in [-0.1, -0.05) is 12.1 Å². The number of carbonyl (C=O) groups excluding carboxylic acids is 1. The summed E-state index contributed by atoms with van der Waals surface area (Å²) in [5.41, 5.74) is 2.66. The first-order valence-electron chi connectivity index (χ1n) is 6.32. The number of anilines is 3. The van der Waals surface area contributed by atoms with Crippen molar-refractivity contribution < 1.29 is 9.53 Å². The molecule has 0 fully saturated rings. The number of likely N-dealkylation sites (N-methyl/N-ethyl adjacent to an activating group) is 1. The number of rotatable bonds is 2. The quantitative estimate of drug-likeness (QED) is 0.795. The van der Waals surface area contributed by atoms with E-state index in [1.165, 1.54) is 24.1 Å². The Labute approximate surface area is 121 Å². The normalized spacial score (nSPS) is 14.1. The second-order valence-electron chi connectivity index (χ2n) is 4.57. The summed E-state index contributed by atoms with van der Waals surface area (Å²) in [5.74, 6) is -0.394. The molecule has 0 aliphatic carbocycles. The van der Waals surface area contributed by atoms with Gasteiger partial charge in [0.1, 0.15) is 0 Å². The molecule has 3 rings (SSSR count). The van der Waals surface area contributed by atoms with E-state index in [9.17, 15) is 4.79 Å². The standard InChI is InChI=1S/C14H15N3O2S/c1-16-7-8-17(12-6-4-3-5-11(12)16)14-15-10(9-20-14)13(18)19-2/h3-6,9H,7-8H2,1-2H3. The second kappa shape index (κ2) is 5.13. The average Bonchev–Trinajstić information content (AvgIpc) is 2.97. The van der Waals surface area contributed by atoms with Gasteiger partial charge in [-0.15, -0.1) is 11.3 Å². The lowest BCUT2D eigenvalue weighted by Gasteiger charge is -2.35. The van der Waals surface area contributed by atoms with Crippen LogP contribution in [0.4, 0.5) is 16.5 Å². The van der Waals surface area contributed by atoms with E-state index >= 15 is 0 Å². The Bertz CT molecular complexity index is 641. The molecule has 0 N–H and O–H groups in total. The van der Waals surface area contributed by atoms with Crippen LogP contribution in [0.3, 0.4) is 0 Å². The summed E-state index contributed by atoms with van der Waals surface area (Å²) in [5, 5.41) is 2.56. The van der Waals surface area contributed by atoms with Gasteiger partial charge in [0.05, 0.1) is 18.5 Å². The van der Waals surface area contributed by atoms with E-state index in [0.29, 0.717) is 5.69 Å². The number of aromatic nitrogens is 1. The van der Waals surface area contributed by atoms with E-state index in [1.54, 1.807) is 5.38 Å². The van der Waals surface area contributed by atoms with Gasteiger partial charge in [0.15, 0.2) is 10.8 Å². The molecule has 1 aliphatic heterocycles. The molecule has 2 heterocycles. The van der Waals surface area contributed by atoms with Crippen molar-refractivity contribution in [3.63, 3.8) is 0 Å². The van der Waals surface area contributed by atoms with E-state index in [4.69, 9.17) is 4.74 Å². The van der Waals surface area contributed by atoms with E-state index in [1.807, 2.05) is 12.1 Å². The minimum atomic E-state index is -0.394. The van der Waals surface area contributed by atoms with Crippen LogP contribution in [0.2, 0.25) is 0 Å². The number of methoxy groups -OCH3 is 1. The van der Waals surface area contributed by atoms with Crippen LogP contribution in [0.5, 0.6) is 0 Å². The van der Waals surface area contributed by atoms with Crippen LogP contribution in [-0.4, -0.2) is 38.2 Å². The highest BCUT2D eigenvalue weighted by molar-refractivity contribution is 7.14. The topological polar surface area (TPSA) is 45.7 Å². The first-order chi connectivity index (χ1) is 9.70. The number of benzene rings is 1. The van der Waals surface area contributed by atoms with E-state index in [-0.39, 0.29) is 0 Å². The number of para-hydroxylation sites is 2. The maximum absolute atomic E-state index is 11.5. The Hall–Kier alpha value is -2.08. The van der Waals surface area contributed by atoms with E-state index < -0.39 is 5.97 Å². The summed E-state index contributed by atoms with van der Waals surface area (Å²) in [6.07, 6.45) is 0. The lowest BCUT2D eigenvalue weighted by atomic mass is 10.2. The third-order valence-electron chi connectivity index (χ3n) is 3.36. The van der Waals surface area contributed by atoms with Gasteiger partial charge < -0.3 is 14.5 Å². The zero-order valence-electron chi connectivity index (χ0n) is 11.4. The maximum atomic E-state index is 11.5. The Kier molecular flexibility index (Phi) is 3.31. The van der Waals surface area contributed by atoms with Crippen molar-refractivity contribution in [2.75, 3.05) is 37.0 Å². The molecule has 0 unspecified atom stereocenters. The van der Waals surface area contributed by atoms with Crippen LogP contribution in [-0.2, 0) is 4.74 Å². The smallest absolute Gasteiger partial charge is 0.357 e. The fourth-order valence-corrected chi connectivity index (χ4v) is 3.13. The molecule has 0 amide bonds. The third-order valence-corrected chi connectivity index (χ3v) is 4.22. The summed E-state index contributed by atoms with van der Waals surface area (Å²) in [6, 6.07) is 8.21. The predicted molar refractivity (Wildman–Crippen MR) is 80.2 cm³/mol. The Morgan fingerprint density at radius 3 is 2.80 bits per heavy atom. The highest BCUT2D eigenvalue weighted by Gasteiger charge is 2.24. The van der Waals surface area contributed by atoms with Gasteiger partial charge in [0, 0.05) is 25.5 Å². The molecule has 1 aromatic heterocycles. The largest absolute Gasteiger partial charge is 0.464 e. The molecule has 0 atom stereocenters. The summed E-state index contributed by atoms with van der Waals surface area (Å²) in [4.78, 5) is 20.3. The Morgan fingerprint density at radius 2 is 2.05 bits per heavy atom. The van der Waals surface area contributed by atoms with Gasteiger partial charge in [-0.2, -0.15) is 0 Å². The monoisotopic (exact) mass is 289 g/mol. The fourth-order valence-electron chi connectivity index (χ4n) is 2.29. The zero-order valence-corrected chi connectivity index (χ0v) is 12.2. The highest BCUT2D eigenvalue weighted by Crippen LogP contribution is 2.37. The first kappa shape index (κ1) is 12.9. The van der Waals surface area contributed by atoms with Crippen molar-refractivity contribution in [3.05, 3.63) is 35.3 Å². The molecular weight excluding hydrogens is 274 g/mol. The molecule has 1 aliphatic rings. The second-order valence-corrected chi connectivity index (χ2v) is 5.41. The molecule has 0 saturated heterocycles. The van der Waals surface area contributed by atoms with E-state index in [2.05, 4.69) is 34.0 Å². The molecule has 2 aromatic rings. The molecule has 0 spiro atoms. The highest BCUT2D eigenvalue weighted by atomic mass is 32.1. The van der Waals surface area contributed by atoms with Crippen molar-refractivity contribution >= 4 is 33.8 Å². The van der Waals surface area contributed by atoms with Gasteiger partial charge in [-0.3, -0.25) is 0 Å². The minimum absolute atomic E-state index is 0.365. The number of hydrogen-bond donors (Lipinski definition) is 0. The third kappa shape index (κ3) is 2.12. The maximum Gasteiger partial charge on any atom is 0.357 e. The van der Waals surface area contributed by atoms with E-state index in [0.717, 1.165) is 23.9 Å². The number of thiazole rings is 1. The van der Waals surface area contributed by atoms with Crippen molar-refractivity contribution in [1.82, 2.24) is 4.98 Å². The lowest BCUT2D eigenvalue weighted by Crippen LogP contribution is -2.36. The van der Waals surface area contributed by atoms with Crippen LogP contribution < -0.4 is 9.80 Å². The number of hydrogen-bond acceptors (Lipinski definition) is 6. The number of fused-ring (bicyclic) bond motifs is 1. The molecular formula is C14H15N3O2S. The molecule has 5 nitrogen and oxygen atoms in total. The van der Waals surface area contributed by atoms with Crippen LogP contribution in [0.1, 0.15) is 10.5 Å². The molecule has 0 saturated carbocycles. The van der Waals surface area contributed by atoms with Crippen LogP contribution in [0.15, 0.2) is 29.6 Å². The molecule has 1 aromatic carbocycles.